The molecule has 1 N–H and O–H groups in total. The summed E-state index contributed by atoms with van der Waals surface area (Å²) in [5, 5.41) is 9.80. The monoisotopic (exact) mass is 216 g/mol. The molecular weight excluding hydrogens is 196 g/mol. The van der Waals surface area contributed by atoms with Crippen LogP contribution in [0.3, 0.4) is 0 Å². The maximum Gasteiger partial charge on any atom is 0.184 e. The number of hydrogen-bond acceptors (Lipinski definition) is 4. The summed E-state index contributed by atoms with van der Waals surface area (Å²) in [5.74, 6) is 0. The molecule has 2 rings (SSSR count). The molecule has 2 fully saturated rings. The van der Waals surface area contributed by atoms with Gasteiger partial charge in [0.25, 0.3) is 0 Å². The Morgan fingerprint density at radius 2 is 1.73 bits per heavy atom. The summed E-state index contributed by atoms with van der Waals surface area (Å²) >= 11 is 0. The van der Waals surface area contributed by atoms with Crippen LogP contribution in [0.15, 0.2) is 0 Å². The van der Waals surface area contributed by atoms with Gasteiger partial charge in [0.2, 0.25) is 0 Å². The highest BCUT2D eigenvalue weighted by molar-refractivity contribution is 4.67. The van der Waals surface area contributed by atoms with E-state index in [0.717, 1.165) is 51.7 Å². The Labute approximate surface area is 90.5 Å². The average molecular weight is 216 g/mol. The van der Waals surface area contributed by atoms with Crippen molar-refractivity contribution in [2.75, 3.05) is 13.2 Å². The van der Waals surface area contributed by atoms with Crippen LogP contribution in [0.4, 0.5) is 0 Å². The van der Waals surface area contributed by atoms with Crippen LogP contribution in [-0.4, -0.2) is 37.0 Å². The quantitative estimate of drug-likeness (QED) is 0.725. The second-order valence-corrected chi connectivity index (χ2v) is 4.23. The van der Waals surface area contributed by atoms with E-state index in [1.807, 2.05) is 0 Å². The van der Waals surface area contributed by atoms with Gasteiger partial charge in [-0.05, 0) is 38.5 Å². The van der Waals surface area contributed by atoms with Crippen molar-refractivity contribution in [2.24, 2.45) is 0 Å². The average Bonchev–Trinajstić information content (AvgIpc) is 2.31. The molecule has 0 amide bonds. The molecule has 2 aliphatic rings. The van der Waals surface area contributed by atoms with Gasteiger partial charge in [-0.3, -0.25) is 0 Å². The first kappa shape index (κ1) is 11.3. The number of rotatable bonds is 3. The Kier molecular flexibility index (Phi) is 4.38. The van der Waals surface area contributed by atoms with Gasteiger partial charge in [0.15, 0.2) is 12.6 Å². The molecule has 0 spiro atoms. The van der Waals surface area contributed by atoms with Crippen LogP contribution in [0.25, 0.3) is 0 Å². The van der Waals surface area contributed by atoms with E-state index in [9.17, 15) is 5.11 Å². The van der Waals surface area contributed by atoms with Crippen molar-refractivity contribution in [1.82, 2.24) is 0 Å². The van der Waals surface area contributed by atoms with Crippen LogP contribution < -0.4 is 0 Å². The second kappa shape index (κ2) is 5.80. The van der Waals surface area contributed by atoms with E-state index in [2.05, 4.69) is 0 Å². The Bertz CT molecular complexity index is 173. The van der Waals surface area contributed by atoms with Gasteiger partial charge in [0.05, 0.1) is 0 Å². The molecule has 88 valence electrons. The molecule has 0 radical (unpaired) electrons. The van der Waals surface area contributed by atoms with Crippen LogP contribution in [0, 0.1) is 0 Å². The minimum Gasteiger partial charge on any atom is -0.373 e. The number of aliphatic hydroxyl groups excluding tert-OH is 1. The van der Waals surface area contributed by atoms with Crippen molar-refractivity contribution in [3.63, 3.8) is 0 Å². The van der Waals surface area contributed by atoms with Crippen molar-refractivity contribution in [3.05, 3.63) is 0 Å². The van der Waals surface area contributed by atoms with Gasteiger partial charge in [-0.1, -0.05) is 0 Å². The van der Waals surface area contributed by atoms with Gasteiger partial charge in [-0.25, -0.2) is 0 Å². The highest BCUT2D eigenvalue weighted by Gasteiger charge is 2.27. The van der Waals surface area contributed by atoms with Crippen molar-refractivity contribution in [2.45, 2.75) is 57.2 Å². The molecule has 0 bridgehead atoms. The van der Waals surface area contributed by atoms with E-state index in [4.69, 9.17) is 14.2 Å². The fourth-order valence-electron chi connectivity index (χ4n) is 2.05. The Morgan fingerprint density at radius 3 is 2.33 bits per heavy atom. The third kappa shape index (κ3) is 3.41. The van der Waals surface area contributed by atoms with Gasteiger partial charge in [-0.15, -0.1) is 0 Å². The zero-order valence-corrected chi connectivity index (χ0v) is 9.06. The van der Waals surface area contributed by atoms with E-state index in [1.165, 1.54) is 0 Å². The maximum atomic E-state index is 9.80. The molecule has 15 heavy (non-hydrogen) atoms. The van der Waals surface area contributed by atoms with Gasteiger partial charge in [0.1, 0.15) is 6.10 Å². The van der Waals surface area contributed by atoms with Crippen molar-refractivity contribution >= 4 is 0 Å². The summed E-state index contributed by atoms with van der Waals surface area (Å²) in [6.07, 6.45) is 4.94. The highest BCUT2D eigenvalue weighted by Crippen LogP contribution is 2.20. The molecule has 3 atom stereocenters. The predicted octanol–water partition coefficient (Wildman–Crippen LogP) is 1.42. The lowest BCUT2D eigenvalue weighted by Gasteiger charge is -2.31. The van der Waals surface area contributed by atoms with Gasteiger partial charge in [-0.2, -0.15) is 0 Å². The summed E-state index contributed by atoms with van der Waals surface area (Å²) in [7, 11) is 0. The Balaban J connectivity index is 1.72. The third-order valence-corrected chi connectivity index (χ3v) is 2.96. The molecule has 2 aliphatic heterocycles. The molecule has 0 aromatic heterocycles. The SMILES string of the molecule is OC(OC1CCCCO1)C1CCCCO1. The van der Waals surface area contributed by atoms with Crippen molar-refractivity contribution in [3.8, 4) is 0 Å². The summed E-state index contributed by atoms with van der Waals surface area (Å²) in [5.41, 5.74) is 0. The maximum absolute atomic E-state index is 9.80. The van der Waals surface area contributed by atoms with E-state index in [0.29, 0.717) is 0 Å². The highest BCUT2D eigenvalue weighted by atomic mass is 16.7. The molecule has 0 aromatic carbocycles. The molecule has 2 saturated heterocycles. The summed E-state index contributed by atoms with van der Waals surface area (Å²) in [6.45, 7) is 1.47. The van der Waals surface area contributed by atoms with E-state index in [-0.39, 0.29) is 12.4 Å². The van der Waals surface area contributed by atoms with Crippen LogP contribution in [-0.2, 0) is 14.2 Å². The smallest absolute Gasteiger partial charge is 0.184 e. The first-order valence-corrected chi connectivity index (χ1v) is 5.93. The zero-order valence-electron chi connectivity index (χ0n) is 9.06. The fourth-order valence-corrected chi connectivity index (χ4v) is 2.05. The molecule has 3 unspecified atom stereocenters. The fraction of sp³-hybridized carbons (Fsp3) is 1.00. The molecule has 4 heteroatoms. The lowest BCUT2D eigenvalue weighted by atomic mass is 10.1. The Hall–Kier alpha value is -0.160. The largest absolute Gasteiger partial charge is 0.373 e. The minimum atomic E-state index is -0.826. The number of ether oxygens (including phenoxy) is 3. The topological polar surface area (TPSA) is 47.9 Å². The first-order chi connectivity index (χ1) is 7.36. The van der Waals surface area contributed by atoms with Gasteiger partial charge < -0.3 is 19.3 Å². The predicted molar refractivity (Wildman–Crippen MR) is 54.3 cm³/mol. The molecular formula is C11H20O4. The molecule has 4 nitrogen and oxygen atoms in total. The molecule has 0 aromatic rings. The molecule has 0 aliphatic carbocycles. The lowest BCUT2D eigenvalue weighted by Crippen LogP contribution is -2.38. The minimum absolute atomic E-state index is 0.163. The first-order valence-electron chi connectivity index (χ1n) is 5.93. The summed E-state index contributed by atoms with van der Waals surface area (Å²) < 4.78 is 16.3. The van der Waals surface area contributed by atoms with Crippen LogP contribution in [0.1, 0.15) is 38.5 Å². The summed E-state index contributed by atoms with van der Waals surface area (Å²) in [6, 6.07) is 0. The summed E-state index contributed by atoms with van der Waals surface area (Å²) in [4.78, 5) is 0. The zero-order chi connectivity index (χ0) is 10.5. The van der Waals surface area contributed by atoms with E-state index < -0.39 is 6.29 Å². The van der Waals surface area contributed by atoms with Crippen LogP contribution in [0.5, 0.6) is 0 Å². The normalized spacial score (nSPS) is 35.0. The standard InChI is InChI=1S/C11H20O4/c12-11(9-5-1-3-7-13-9)15-10-6-2-4-8-14-10/h9-12H,1-8H2. The number of hydrogen-bond donors (Lipinski definition) is 1. The molecule has 0 saturated carbocycles. The van der Waals surface area contributed by atoms with Gasteiger partial charge in [0, 0.05) is 13.2 Å². The number of aliphatic hydroxyl groups is 1. The second-order valence-electron chi connectivity index (χ2n) is 4.23. The van der Waals surface area contributed by atoms with E-state index >= 15 is 0 Å². The van der Waals surface area contributed by atoms with Crippen LogP contribution in [0.2, 0.25) is 0 Å². The third-order valence-electron chi connectivity index (χ3n) is 2.96. The van der Waals surface area contributed by atoms with E-state index in [1.54, 1.807) is 0 Å². The molecule has 2 heterocycles. The lowest BCUT2D eigenvalue weighted by molar-refractivity contribution is -0.274. The van der Waals surface area contributed by atoms with Crippen LogP contribution >= 0.6 is 0 Å². The van der Waals surface area contributed by atoms with Gasteiger partial charge >= 0.3 is 0 Å². The van der Waals surface area contributed by atoms with Crippen molar-refractivity contribution < 1.29 is 19.3 Å². The van der Waals surface area contributed by atoms with Crippen molar-refractivity contribution in [1.29, 1.82) is 0 Å². The Morgan fingerprint density at radius 1 is 1.00 bits per heavy atom.